The zero-order valence-corrected chi connectivity index (χ0v) is 16.5. The van der Waals surface area contributed by atoms with Crippen molar-refractivity contribution in [3.05, 3.63) is 59.7 Å². The van der Waals surface area contributed by atoms with Crippen molar-refractivity contribution in [2.45, 2.75) is 32.6 Å². The Morgan fingerprint density at radius 3 is 2.71 bits per heavy atom. The molecule has 7 nitrogen and oxygen atoms in total. The summed E-state index contributed by atoms with van der Waals surface area (Å²) in [7, 11) is 1.84. The van der Waals surface area contributed by atoms with Crippen LogP contribution in [0.2, 0.25) is 0 Å². The van der Waals surface area contributed by atoms with Crippen molar-refractivity contribution in [1.82, 2.24) is 29.6 Å². The van der Waals surface area contributed by atoms with Gasteiger partial charge in [0.15, 0.2) is 0 Å². The molecule has 144 valence electrons. The molecule has 3 aromatic heterocycles. The third kappa shape index (κ3) is 3.52. The monoisotopic (exact) mass is 376 g/mol. The molecule has 28 heavy (non-hydrogen) atoms. The number of piperidine rings is 1. The van der Waals surface area contributed by atoms with Crippen LogP contribution in [0.5, 0.6) is 0 Å². The highest BCUT2D eigenvalue weighted by molar-refractivity contribution is 5.95. The van der Waals surface area contributed by atoms with Crippen molar-refractivity contribution in [1.29, 1.82) is 0 Å². The van der Waals surface area contributed by atoms with Gasteiger partial charge in [0, 0.05) is 56.4 Å². The summed E-state index contributed by atoms with van der Waals surface area (Å²) in [6.45, 7) is 5.20. The maximum absolute atomic E-state index is 13.1. The van der Waals surface area contributed by atoms with Crippen molar-refractivity contribution in [3.8, 4) is 11.1 Å². The summed E-state index contributed by atoms with van der Waals surface area (Å²) in [5.41, 5.74) is 4.53. The molecule has 7 heteroatoms. The van der Waals surface area contributed by atoms with Crippen LogP contribution in [0.15, 0.2) is 36.9 Å². The molecule has 1 fully saturated rings. The van der Waals surface area contributed by atoms with Gasteiger partial charge in [0.05, 0.1) is 17.0 Å². The van der Waals surface area contributed by atoms with Crippen molar-refractivity contribution >= 4 is 5.91 Å². The SMILES string of the molecule is Cc1ncc(-c2ccncc2)c([C@H]2CCCN(C(=O)c3cn(C)nc3C)C2)n1. The summed E-state index contributed by atoms with van der Waals surface area (Å²) < 4.78 is 1.69. The maximum atomic E-state index is 13.1. The predicted molar refractivity (Wildman–Crippen MR) is 106 cm³/mol. The highest BCUT2D eigenvalue weighted by Gasteiger charge is 2.29. The fourth-order valence-electron chi connectivity index (χ4n) is 3.92. The average Bonchev–Trinajstić information content (AvgIpc) is 3.06. The predicted octanol–water partition coefficient (Wildman–Crippen LogP) is 2.91. The molecule has 0 unspecified atom stereocenters. The van der Waals surface area contributed by atoms with Crippen LogP contribution < -0.4 is 0 Å². The van der Waals surface area contributed by atoms with E-state index in [0.717, 1.165) is 47.7 Å². The van der Waals surface area contributed by atoms with Crippen molar-refractivity contribution in [2.75, 3.05) is 13.1 Å². The first-order valence-corrected chi connectivity index (χ1v) is 9.56. The molecule has 1 aliphatic heterocycles. The van der Waals surface area contributed by atoms with Crippen LogP contribution in [0.4, 0.5) is 0 Å². The molecule has 1 amide bonds. The van der Waals surface area contributed by atoms with Crippen LogP contribution in [-0.2, 0) is 7.05 Å². The second-order valence-corrected chi connectivity index (χ2v) is 7.34. The number of nitrogens with zero attached hydrogens (tertiary/aromatic N) is 6. The summed E-state index contributed by atoms with van der Waals surface area (Å²) in [4.78, 5) is 28.3. The number of carbonyl (C=O) groups excluding carboxylic acids is 1. The Morgan fingerprint density at radius 2 is 2.00 bits per heavy atom. The Morgan fingerprint density at radius 1 is 1.21 bits per heavy atom. The Labute approximate surface area is 164 Å². The standard InChI is InChI=1S/C21H24N6O/c1-14-19(13-26(3)25-14)21(28)27-10-4-5-17(12-27)20-18(11-23-15(2)24-20)16-6-8-22-9-7-16/h6-9,11,13,17H,4-5,10,12H2,1-3H3/t17-/m0/s1. The second-order valence-electron chi connectivity index (χ2n) is 7.34. The van der Waals surface area contributed by atoms with E-state index in [1.54, 1.807) is 23.3 Å². The molecule has 0 aromatic carbocycles. The number of carbonyl (C=O) groups is 1. The summed E-state index contributed by atoms with van der Waals surface area (Å²) >= 11 is 0. The zero-order valence-electron chi connectivity index (χ0n) is 16.5. The van der Waals surface area contributed by atoms with Gasteiger partial charge < -0.3 is 4.90 Å². The molecule has 4 heterocycles. The smallest absolute Gasteiger partial charge is 0.257 e. The molecule has 1 aliphatic rings. The highest BCUT2D eigenvalue weighted by atomic mass is 16.2. The fourth-order valence-corrected chi connectivity index (χ4v) is 3.92. The fraction of sp³-hybridized carbons (Fsp3) is 0.381. The van der Waals surface area contributed by atoms with E-state index in [1.165, 1.54) is 0 Å². The highest BCUT2D eigenvalue weighted by Crippen LogP contribution is 2.33. The minimum absolute atomic E-state index is 0.0477. The lowest BCUT2D eigenvalue weighted by Gasteiger charge is -2.33. The maximum Gasteiger partial charge on any atom is 0.257 e. The van der Waals surface area contributed by atoms with Gasteiger partial charge in [0.1, 0.15) is 5.82 Å². The van der Waals surface area contributed by atoms with Crippen LogP contribution in [-0.4, -0.2) is 48.6 Å². The van der Waals surface area contributed by atoms with Gasteiger partial charge in [-0.05, 0) is 44.4 Å². The molecular formula is C21H24N6O. The van der Waals surface area contributed by atoms with E-state index < -0.39 is 0 Å². The van der Waals surface area contributed by atoms with Gasteiger partial charge in [0.2, 0.25) is 0 Å². The lowest BCUT2D eigenvalue weighted by atomic mass is 9.90. The first-order chi connectivity index (χ1) is 13.5. The van der Waals surface area contributed by atoms with E-state index >= 15 is 0 Å². The molecule has 1 saturated heterocycles. The molecule has 0 radical (unpaired) electrons. The number of rotatable bonds is 3. The number of pyridine rings is 1. The quantitative estimate of drug-likeness (QED) is 0.702. The van der Waals surface area contributed by atoms with E-state index in [9.17, 15) is 4.79 Å². The van der Waals surface area contributed by atoms with Crippen molar-refractivity contribution in [3.63, 3.8) is 0 Å². The number of likely N-dealkylation sites (tertiary alicyclic amines) is 1. The van der Waals surface area contributed by atoms with E-state index in [0.29, 0.717) is 12.1 Å². The molecular weight excluding hydrogens is 352 g/mol. The van der Waals surface area contributed by atoms with Gasteiger partial charge in [0.25, 0.3) is 5.91 Å². The number of hydrogen-bond acceptors (Lipinski definition) is 5. The van der Waals surface area contributed by atoms with E-state index in [2.05, 4.69) is 15.1 Å². The summed E-state index contributed by atoms with van der Waals surface area (Å²) in [6, 6.07) is 3.95. The second kappa shape index (κ2) is 7.50. The summed E-state index contributed by atoms with van der Waals surface area (Å²) in [5, 5.41) is 4.31. The van der Waals surface area contributed by atoms with E-state index in [1.807, 2.05) is 44.1 Å². The van der Waals surface area contributed by atoms with Gasteiger partial charge in [-0.3, -0.25) is 14.5 Å². The number of hydrogen-bond donors (Lipinski definition) is 0. The third-order valence-corrected chi connectivity index (χ3v) is 5.27. The number of aromatic nitrogens is 5. The van der Waals surface area contributed by atoms with Gasteiger partial charge in [-0.15, -0.1) is 0 Å². The summed E-state index contributed by atoms with van der Waals surface area (Å²) in [5.74, 6) is 0.977. The molecule has 3 aromatic rings. The molecule has 0 aliphatic carbocycles. The van der Waals surface area contributed by atoms with Gasteiger partial charge in [-0.2, -0.15) is 5.10 Å². The number of amides is 1. The normalized spacial score (nSPS) is 17.0. The molecule has 0 N–H and O–H groups in total. The minimum Gasteiger partial charge on any atom is -0.338 e. The molecule has 4 rings (SSSR count). The first kappa shape index (κ1) is 18.3. The van der Waals surface area contributed by atoms with E-state index in [4.69, 9.17) is 4.98 Å². The van der Waals surface area contributed by atoms with Crippen LogP contribution in [0.3, 0.4) is 0 Å². The van der Waals surface area contributed by atoms with Crippen molar-refractivity contribution < 1.29 is 4.79 Å². The first-order valence-electron chi connectivity index (χ1n) is 9.56. The summed E-state index contributed by atoms with van der Waals surface area (Å²) in [6.07, 6.45) is 9.21. The van der Waals surface area contributed by atoms with Crippen LogP contribution >= 0.6 is 0 Å². The van der Waals surface area contributed by atoms with Crippen LogP contribution in [0, 0.1) is 13.8 Å². The molecule has 1 atom stereocenters. The van der Waals surface area contributed by atoms with Crippen molar-refractivity contribution in [2.24, 2.45) is 7.05 Å². The number of aryl methyl sites for hydroxylation is 3. The molecule has 0 saturated carbocycles. The Hall–Kier alpha value is -3.09. The Kier molecular flexibility index (Phi) is 4.90. The minimum atomic E-state index is 0.0477. The third-order valence-electron chi connectivity index (χ3n) is 5.27. The van der Waals surface area contributed by atoms with Crippen LogP contribution in [0.25, 0.3) is 11.1 Å². The topological polar surface area (TPSA) is 76.8 Å². The lowest BCUT2D eigenvalue weighted by molar-refractivity contribution is 0.0705. The van der Waals surface area contributed by atoms with Gasteiger partial charge in [-0.25, -0.2) is 9.97 Å². The van der Waals surface area contributed by atoms with E-state index in [-0.39, 0.29) is 11.8 Å². The largest absolute Gasteiger partial charge is 0.338 e. The zero-order chi connectivity index (χ0) is 19.7. The average molecular weight is 376 g/mol. The Bertz CT molecular complexity index is 997. The van der Waals surface area contributed by atoms with Gasteiger partial charge >= 0.3 is 0 Å². The van der Waals surface area contributed by atoms with Crippen LogP contribution in [0.1, 0.15) is 46.3 Å². The lowest BCUT2D eigenvalue weighted by Crippen LogP contribution is -2.39. The molecule has 0 bridgehead atoms. The molecule has 0 spiro atoms. The Balaban J connectivity index is 1.64. The van der Waals surface area contributed by atoms with Gasteiger partial charge in [-0.1, -0.05) is 0 Å².